The summed E-state index contributed by atoms with van der Waals surface area (Å²) in [5.74, 6) is 0. The zero-order valence-electron chi connectivity index (χ0n) is 5.86. The Morgan fingerprint density at radius 2 is 2.60 bits per heavy atom. The lowest BCUT2D eigenvalue weighted by Crippen LogP contribution is -2.08. The molecule has 10 heavy (non-hydrogen) atoms. The van der Waals surface area contributed by atoms with Crippen LogP contribution in [-0.2, 0) is 6.54 Å². The van der Waals surface area contributed by atoms with Gasteiger partial charge in [-0.15, -0.1) is 0 Å². The molecule has 1 aromatic heterocycles. The van der Waals surface area contributed by atoms with Crippen molar-refractivity contribution in [3.63, 3.8) is 0 Å². The summed E-state index contributed by atoms with van der Waals surface area (Å²) in [5.41, 5.74) is 0. The van der Waals surface area contributed by atoms with Crippen molar-refractivity contribution in [2.45, 2.75) is 19.5 Å². The Morgan fingerprint density at radius 1 is 1.80 bits per heavy atom. The predicted octanol–water partition coefficient (Wildman–Crippen LogP) is 1.19. The van der Waals surface area contributed by atoms with Gasteiger partial charge in [0.2, 0.25) is 6.04 Å². The molecule has 0 aliphatic carbocycles. The van der Waals surface area contributed by atoms with E-state index >= 15 is 0 Å². The van der Waals surface area contributed by atoms with Crippen LogP contribution in [0.2, 0.25) is 0 Å². The van der Waals surface area contributed by atoms with Gasteiger partial charge in [0.05, 0.1) is 0 Å². The molecule has 0 aromatic carbocycles. The third-order valence-electron chi connectivity index (χ3n) is 1.23. The fourth-order valence-corrected chi connectivity index (χ4v) is 0.720. The maximum absolute atomic E-state index is 6.69. The quantitative estimate of drug-likeness (QED) is 0.558. The number of aromatic nitrogens is 2. The maximum Gasteiger partial charge on any atom is 0.240 e. The minimum atomic E-state index is 0.0277. The summed E-state index contributed by atoms with van der Waals surface area (Å²) in [5, 5.41) is 3.98. The Bertz CT molecular complexity index is 219. The molecule has 0 fully saturated rings. The zero-order valence-corrected chi connectivity index (χ0v) is 5.86. The minimum absolute atomic E-state index is 0.0277. The lowest BCUT2D eigenvalue weighted by Gasteiger charge is -1.97. The SMILES string of the molecule is [C-]#[N+]C(C)Cn1cccn1. The Morgan fingerprint density at radius 3 is 3.10 bits per heavy atom. The molecule has 0 amide bonds. The molecule has 0 radical (unpaired) electrons. The van der Waals surface area contributed by atoms with E-state index in [0.717, 1.165) is 0 Å². The van der Waals surface area contributed by atoms with Gasteiger partial charge < -0.3 is 4.85 Å². The second-order valence-electron chi connectivity index (χ2n) is 2.21. The topological polar surface area (TPSA) is 22.2 Å². The Labute approximate surface area is 60.1 Å². The van der Waals surface area contributed by atoms with E-state index in [4.69, 9.17) is 6.57 Å². The molecule has 3 nitrogen and oxygen atoms in total. The number of hydrogen-bond donors (Lipinski definition) is 0. The van der Waals surface area contributed by atoms with Crippen LogP contribution in [0.15, 0.2) is 18.5 Å². The van der Waals surface area contributed by atoms with Crippen molar-refractivity contribution in [1.29, 1.82) is 0 Å². The van der Waals surface area contributed by atoms with E-state index in [1.165, 1.54) is 0 Å². The molecular formula is C7H9N3. The Balaban J connectivity index is 2.50. The van der Waals surface area contributed by atoms with Gasteiger partial charge >= 0.3 is 0 Å². The second kappa shape index (κ2) is 3.02. The fraction of sp³-hybridized carbons (Fsp3) is 0.429. The van der Waals surface area contributed by atoms with Crippen molar-refractivity contribution in [3.05, 3.63) is 29.9 Å². The van der Waals surface area contributed by atoms with Gasteiger partial charge in [-0.1, -0.05) is 0 Å². The van der Waals surface area contributed by atoms with E-state index < -0.39 is 0 Å². The molecule has 0 spiro atoms. The largest absolute Gasteiger partial charge is 0.312 e. The predicted molar refractivity (Wildman–Crippen MR) is 38.3 cm³/mol. The van der Waals surface area contributed by atoms with Crippen LogP contribution in [0.25, 0.3) is 4.85 Å². The molecule has 1 heterocycles. The first-order valence-electron chi connectivity index (χ1n) is 3.17. The molecule has 0 bridgehead atoms. The van der Waals surface area contributed by atoms with Crippen LogP contribution in [0, 0.1) is 6.57 Å². The van der Waals surface area contributed by atoms with Crippen molar-refractivity contribution in [1.82, 2.24) is 9.78 Å². The van der Waals surface area contributed by atoms with Crippen LogP contribution in [0.4, 0.5) is 0 Å². The van der Waals surface area contributed by atoms with Crippen molar-refractivity contribution < 1.29 is 0 Å². The summed E-state index contributed by atoms with van der Waals surface area (Å²) in [6, 6.07) is 1.89. The van der Waals surface area contributed by atoms with E-state index in [9.17, 15) is 0 Å². The van der Waals surface area contributed by atoms with Crippen LogP contribution in [0.3, 0.4) is 0 Å². The highest BCUT2D eigenvalue weighted by Crippen LogP contribution is 1.93. The van der Waals surface area contributed by atoms with E-state index in [2.05, 4.69) is 9.94 Å². The third kappa shape index (κ3) is 1.59. The summed E-state index contributed by atoms with van der Waals surface area (Å²) in [7, 11) is 0. The Hall–Kier alpha value is -1.30. The molecule has 52 valence electrons. The Kier molecular flexibility index (Phi) is 2.06. The standard InChI is InChI=1S/C7H9N3/c1-7(8-2)6-10-5-3-4-9-10/h3-5,7H,6H2,1H3. The first-order chi connectivity index (χ1) is 4.83. The first-order valence-corrected chi connectivity index (χ1v) is 3.17. The van der Waals surface area contributed by atoms with Crippen molar-refractivity contribution in [2.75, 3.05) is 0 Å². The number of nitrogens with zero attached hydrogens (tertiary/aromatic N) is 3. The first kappa shape index (κ1) is 6.81. The normalized spacial score (nSPS) is 12.4. The molecule has 3 heteroatoms. The van der Waals surface area contributed by atoms with Crippen molar-refractivity contribution in [2.24, 2.45) is 0 Å². The highest BCUT2D eigenvalue weighted by molar-refractivity contribution is 4.81. The van der Waals surface area contributed by atoms with Gasteiger partial charge in [0.25, 0.3) is 0 Å². The van der Waals surface area contributed by atoms with Gasteiger partial charge in [-0.25, -0.2) is 6.57 Å². The molecule has 0 N–H and O–H groups in total. The van der Waals surface area contributed by atoms with Gasteiger partial charge in [0, 0.05) is 19.3 Å². The molecule has 1 rings (SSSR count). The van der Waals surface area contributed by atoms with Gasteiger partial charge in [-0.05, 0) is 6.07 Å². The van der Waals surface area contributed by atoms with Crippen LogP contribution in [-0.4, -0.2) is 15.8 Å². The van der Waals surface area contributed by atoms with Crippen LogP contribution < -0.4 is 0 Å². The van der Waals surface area contributed by atoms with Crippen LogP contribution >= 0.6 is 0 Å². The molecule has 1 atom stereocenters. The molecule has 0 saturated carbocycles. The van der Waals surface area contributed by atoms with E-state index in [1.54, 1.807) is 10.9 Å². The highest BCUT2D eigenvalue weighted by Gasteiger charge is 2.03. The maximum atomic E-state index is 6.69. The van der Waals surface area contributed by atoms with Crippen LogP contribution in [0.5, 0.6) is 0 Å². The van der Waals surface area contributed by atoms with Crippen LogP contribution in [0.1, 0.15) is 6.92 Å². The van der Waals surface area contributed by atoms with Crippen molar-refractivity contribution in [3.8, 4) is 0 Å². The average Bonchev–Trinajstić information content (AvgIpc) is 2.40. The van der Waals surface area contributed by atoms with Gasteiger partial charge in [0.15, 0.2) is 0 Å². The second-order valence-corrected chi connectivity index (χ2v) is 2.21. The third-order valence-corrected chi connectivity index (χ3v) is 1.23. The summed E-state index contributed by atoms with van der Waals surface area (Å²) in [6.07, 6.45) is 3.58. The summed E-state index contributed by atoms with van der Waals surface area (Å²) < 4.78 is 1.77. The molecule has 0 saturated heterocycles. The molecule has 0 aliphatic heterocycles. The lowest BCUT2D eigenvalue weighted by atomic mass is 10.4. The molecule has 1 unspecified atom stereocenters. The van der Waals surface area contributed by atoms with E-state index in [0.29, 0.717) is 6.54 Å². The highest BCUT2D eigenvalue weighted by atomic mass is 15.3. The van der Waals surface area contributed by atoms with Gasteiger partial charge in [-0.3, -0.25) is 4.68 Å². The summed E-state index contributed by atoms with van der Waals surface area (Å²) >= 11 is 0. The fourth-order valence-electron chi connectivity index (χ4n) is 0.720. The summed E-state index contributed by atoms with van der Waals surface area (Å²) in [4.78, 5) is 3.35. The van der Waals surface area contributed by atoms with Gasteiger partial charge in [0.1, 0.15) is 6.54 Å². The van der Waals surface area contributed by atoms with E-state index in [1.807, 2.05) is 19.2 Å². The van der Waals surface area contributed by atoms with Crippen molar-refractivity contribution >= 4 is 0 Å². The minimum Gasteiger partial charge on any atom is -0.312 e. The smallest absolute Gasteiger partial charge is 0.240 e. The number of hydrogen-bond acceptors (Lipinski definition) is 1. The molecular weight excluding hydrogens is 126 g/mol. The molecule has 0 aliphatic rings. The van der Waals surface area contributed by atoms with E-state index in [-0.39, 0.29) is 6.04 Å². The number of rotatable bonds is 2. The molecule has 1 aromatic rings. The zero-order chi connectivity index (χ0) is 7.40. The lowest BCUT2D eigenvalue weighted by molar-refractivity contribution is 0.579. The average molecular weight is 135 g/mol. The van der Waals surface area contributed by atoms with Gasteiger partial charge in [-0.2, -0.15) is 5.10 Å². The summed E-state index contributed by atoms with van der Waals surface area (Å²) in [6.45, 7) is 9.27. The monoisotopic (exact) mass is 135 g/mol.